The molecule has 1 unspecified atom stereocenters. The van der Waals surface area contributed by atoms with Crippen LogP contribution in [0.15, 0.2) is 24.3 Å². The summed E-state index contributed by atoms with van der Waals surface area (Å²) in [5, 5.41) is 6.48. The van der Waals surface area contributed by atoms with Crippen molar-refractivity contribution >= 4 is 11.6 Å². The van der Waals surface area contributed by atoms with E-state index in [0.29, 0.717) is 5.92 Å². The number of hydrogen-bond donors (Lipinski definition) is 2. The van der Waals surface area contributed by atoms with Crippen LogP contribution < -0.4 is 10.6 Å². The fraction of sp³-hybridized carbons (Fsp3) is 0.588. The van der Waals surface area contributed by atoms with Gasteiger partial charge in [-0.05, 0) is 49.4 Å². The second-order valence-electron chi connectivity index (χ2n) is 6.09. The molecule has 0 aliphatic carbocycles. The summed E-state index contributed by atoms with van der Waals surface area (Å²) in [6, 6.07) is 8.19. The van der Waals surface area contributed by atoms with Gasteiger partial charge < -0.3 is 10.6 Å². The van der Waals surface area contributed by atoms with Gasteiger partial charge in [-0.25, -0.2) is 0 Å². The maximum absolute atomic E-state index is 12.6. The fourth-order valence-electron chi connectivity index (χ4n) is 2.96. The Hall–Kier alpha value is -1.35. The second-order valence-corrected chi connectivity index (χ2v) is 6.09. The van der Waals surface area contributed by atoms with Gasteiger partial charge in [0.25, 0.3) is 0 Å². The van der Waals surface area contributed by atoms with Crippen molar-refractivity contribution in [1.29, 1.82) is 0 Å². The van der Waals surface area contributed by atoms with Crippen molar-refractivity contribution in [1.82, 2.24) is 5.32 Å². The highest BCUT2D eigenvalue weighted by Gasteiger charge is 2.39. The zero-order chi connectivity index (χ0) is 14.6. The second kappa shape index (κ2) is 6.40. The van der Waals surface area contributed by atoms with Gasteiger partial charge in [0.05, 0.1) is 5.54 Å². The lowest BCUT2D eigenvalue weighted by Crippen LogP contribution is -2.50. The average molecular weight is 274 g/mol. The van der Waals surface area contributed by atoms with Gasteiger partial charge in [-0.3, -0.25) is 4.79 Å². The molecule has 2 N–H and O–H groups in total. The highest BCUT2D eigenvalue weighted by atomic mass is 16.2. The van der Waals surface area contributed by atoms with Crippen LogP contribution >= 0.6 is 0 Å². The number of rotatable bonds is 5. The Morgan fingerprint density at radius 1 is 1.35 bits per heavy atom. The van der Waals surface area contributed by atoms with Crippen LogP contribution in [0, 0.1) is 0 Å². The largest absolute Gasteiger partial charge is 0.324 e. The van der Waals surface area contributed by atoms with Crippen LogP contribution in [0.2, 0.25) is 0 Å². The SMILES string of the molecule is CCCC1(C(=O)Nc2ccc(C(C)C)cc2)CCCN1. The molecular formula is C17H26N2O. The van der Waals surface area contributed by atoms with Crippen molar-refractivity contribution in [3.8, 4) is 0 Å². The highest BCUT2D eigenvalue weighted by Crippen LogP contribution is 2.27. The predicted octanol–water partition coefficient (Wildman–Crippen LogP) is 3.67. The number of amides is 1. The number of carbonyl (C=O) groups is 1. The Balaban J connectivity index is 2.06. The van der Waals surface area contributed by atoms with Crippen LogP contribution in [0.5, 0.6) is 0 Å². The van der Waals surface area contributed by atoms with E-state index < -0.39 is 0 Å². The molecule has 110 valence electrons. The molecule has 20 heavy (non-hydrogen) atoms. The molecule has 0 saturated carbocycles. The molecule has 0 radical (unpaired) electrons. The minimum absolute atomic E-state index is 0.120. The van der Waals surface area contributed by atoms with Gasteiger partial charge in [0.1, 0.15) is 0 Å². The monoisotopic (exact) mass is 274 g/mol. The molecule has 0 aromatic heterocycles. The van der Waals surface area contributed by atoms with E-state index in [1.54, 1.807) is 0 Å². The molecular weight excluding hydrogens is 248 g/mol. The molecule has 1 aromatic rings. The topological polar surface area (TPSA) is 41.1 Å². The Kier molecular flexibility index (Phi) is 4.81. The van der Waals surface area contributed by atoms with Crippen molar-refractivity contribution in [2.45, 2.75) is 57.9 Å². The normalized spacial score (nSPS) is 22.2. The van der Waals surface area contributed by atoms with Crippen molar-refractivity contribution in [3.63, 3.8) is 0 Å². The third-order valence-corrected chi connectivity index (χ3v) is 4.19. The van der Waals surface area contributed by atoms with Crippen molar-refractivity contribution in [2.24, 2.45) is 0 Å². The maximum atomic E-state index is 12.6. The summed E-state index contributed by atoms with van der Waals surface area (Å²) in [6.45, 7) is 7.42. The summed E-state index contributed by atoms with van der Waals surface area (Å²) in [7, 11) is 0. The summed E-state index contributed by atoms with van der Waals surface area (Å²) < 4.78 is 0. The fourth-order valence-corrected chi connectivity index (χ4v) is 2.96. The standard InChI is InChI=1S/C17H26N2O/c1-4-10-17(11-5-12-18-17)16(20)19-15-8-6-14(7-9-15)13(2)3/h6-9,13,18H,4-5,10-12H2,1-3H3,(H,19,20). The molecule has 0 spiro atoms. The smallest absolute Gasteiger partial charge is 0.244 e. The van der Waals surface area contributed by atoms with Gasteiger partial charge in [0.15, 0.2) is 0 Å². The first-order valence-electron chi connectivity index (χ1n) is 7.74. The van der Waals surface area contributed by atoms with E-state index in [0.717, 1.165) is 37.9 Å². The first kappa shape index (κ1) is 15.0. The van der Waals surface area contributed by atoms with Gasteiger partial charge in [0.2, 0.25) is 5.91 Å². The number of hydrogen-bond acceptors (Lipinski definition) is 2. The number of anilines is 1. The van der Waals surface area contributed by atoms with Crippen LogP contribution in [-0.2, 0) is 4.79 Å². The summed E-state index contributed by atoms with van der Waals surface area (Å²) in [6.07, 6.45) is 3.95. The third kappa shape index (κ3) is 3.21. The Labute approximate surface area is 122 Å². The number of nitrogens with one attached hydrogen (secondary N) is 2. The first-order valence-corrected chi connectivity index (χ1v) is 7.74. The Bertz CT molecular complexity index is 445. The Morgan fingerprint density at radius 3 is 2.55 bits per heavy atom. The van der Waals surface area contributed by atoms with E-state index in [2.05, 4.69) is 43.5 Å². The highest BCUT2D eigenvalue weighted by molar-refractivity contribution is 5.98. The number of benzene rings is 1. The van der Waals surface area contributed by atoms with E-state index in [9.17, 15) is 4.79 Å². The molecule has 2 rings (SSSR count). The minimum Gasteiger partial charge on any atom is -0.324 e. The van der Waals surface area contributed by atoms with E-state index >= 15 is 0 Å². The molecule has 1 heterocycles. The van der Waals surface area contributed by atoms with Crippen molar-refractivity contribution < 1.29 is 4.79 Å². The van der Waals surface area contributed by atoms with Crippen LogP contribution in [0.4, 0.5) is 5.69 Å². The van der Waals surface area contributed by atoms with Gasteiger partial charge in [0, 0.05) is 5.69 Å². The summed E-state index contributed by atoms with van der Waals surface area (Å²) in [4.78, 5) is 12.6. The summed E-state index contributed by atoms with van der Waals surface area (Å²) >= 11 is 0. The lowest BCUT2D eigenvalue weighted by Gasteiger charge is -2.27. The molecule has 1 fully saturated rings. The minimum atomic E-state index is -0.356. The van der Waals surface area contributed by atoms with E-state index in [-0.39, 0.29) is 11.4 Å². The van der Waals surface area contributed by atoms with Crippen molar-refractivity contribution in [2.75, 3.05) is 11.9 Å². The lowest BCUT2D eigenvalue weighted by molar-refractivity contribution is -0.122. The quantitative estimate of drug-likeness (QED) is 0.860. The number of carbonyl (C=O) groups excluding carboxylic acids is 1. The van der Waals surface area contributed by atoms with Gasteiger partial charge in [-0.1, -0.05) is 39.3 Å². The molecule has 1 atom stereocenters. The van der Waals surface area contributed by atoms with Gasteiger partial charge >= 0.3 is 0 Å². The van der Waals surface area contributed by atoms with Crippen LogP contribution in [0.3, 0.4) is 0 Å². The molecule has 1 amide bonds. The average Bonchev–Trinajstić information content (AvgIpc) is 2.89. The van der Waals surface area contributed by atoms with E-state index in [1.165, 1.54) is 5.56 Å². The first-order chi connectivity index (χ1) is 9.57. The summed E-state index contributed by atoms with van der Waals surface area (Å²) in [5.74, 6) is 0.636. The molecule has 1 saturated heterocycles. The van der Waals surface area contributed by atoms with Crippen molar-refractivity contribution in [3.05, 3.63) is 29.8 Å². The van der Waals surface area contributed by atoms with Gasteiger partial charge in [-0.15, -0.1) is 0 Å². The predicted molar refractivity (Wildman–Crippen MR) is 84.0 cm³/mol. The maximum Gasteiger partial charge on any atom is 0.244 e. The van der Waals surface area contributed by atoms with Crippen LogP contribution in [-0.4, -0.2) is 18.0 Å². The van der Waals surface area contributed by atoms with E-state index in [4.69, 9.17) is 0 Å². The third-order valence-electron chi connectivity index (χ3n) is 4.19. The lowest BCUT2D eigenvalue weighted by atomic mass is 9.90. The molecule has 0 bridgehead atoms. The zero-order valence-corrected chi connectivity index (χ0v) is 12.8. The molecule has 1 aliphatic heterocycles. The van der Waals surface area contributed by atoms with Crippen LogP contribution in [0.1, 0.15) is 57.9 Å². The molecule has 3 heteroatoms. The van der Waals surface area contributed by atoms with Crippen LogP contribution in [0.25, 0.3) is 0 Å². The Morgan fingerprint density at radius 2 is 2.05 bits per heavy atom. The summed E-state index contributed by atoms with van der Waals surface area (Å²) in [5.41, 5.74) is 1.83. The van der Waals surface area contributed by atoms with Gasteiger partial charge in [-0.2, -0.15) is 0 Å². The van der Waals surface area contributed by atoms with E-state index in [1.807, 2.05) is 12.1 Å². The molecule has 1 aliphatic rings. The zero-order valence-electron chi connectivity index (χ0n) is 12.8. The molecule has 3 nitrogen and oxygen atoms in total. The molecule has 1 aromatic carbocycles.